The van der Waals surface area contributed by atoms with Gasteiger partial charge in [0.25, 0.3) is 5.91 Å². The molecule has 7 heteroatoms. The molecule has 36 heavy (non-hydrogen) atoms. The van der Waals surface area contributed by atoms with Gasteiger partial charge in [0.15, 0.2) is 0 Å². The van der Waals surface area contributed by atoms with Crippen molar-refractivity contribution < 1.29 is 17.9 Å². The number of rotatable bonds is 10. The highest BCUT2D eigenvalue weighted by atomic mass is 32.2. The predicted octanol–water partition coefficient (Wildman–Crippen LogP) is 4.70. The van der Waals surface area contributed by atoms with Crippen LogP contribution in [0.2, 0.25) is 0 Å². The Labute approximate surface area is 214 Å². The van der Waals surface area contributed by atoms with E-state index in [1.807, 2.05) is 24.3 Å². The van der Waals surface area contributed by atoms with Crippen LogP contribution in [0.25, 0.3) is 0 Å². The first-order valence-corrected chi connectivity index (χ1v) is 15.0. The van der Waals surface area contributed by atoms with E-state index in [0.29, 0.717) is 47.1 Å². The zero-order valence-electron chi connectivity index (χ0n) is 20.7. The third-order valence-electron chi connectivity index (χ3n) is 8.60. The maximum Gasteiger partial charge on any atom is 0.251 e. The summed E-state index contributed by atoms with van der Waals surface area (Å²) in [6.45, 7) is 1.19. The summed E-state index contributed by atoms with van der Waals surface area (Å²) in [4.78, 5) is 12.9. The smallest absolute Gasteiger partial charge is 0.251 e. The van der Waals surface area contributed by atoms with E-state index >= 15 is 0 Å². The summed E-state index contributed by atoms with van der Waals surface area (Å²) in [5, 5.41) is 2.96. The van der Waals surface area contributed by atoms with Gasteiger partial charge in [0, 0.05) is 17.6 Å². The van der Waals surface area contributed by atoms with Crippen molar-refractivity contribution >= 4 is 15.9 Å². The van der Waals surface area contributed by atoms with Gasteiger partial charge in [-0.1, -0.05) is 18.2 Å². The number of benzene rings is 2. The van der Waals surface area contributed by atoms with Gasteiger partial charge in [0.1, 0.15) is 5.75 Å². The van der Waals surface area contributed by atoms with E-state index in [1.165, 1.54) is 32.1 Å². The molecular weight excluding hydrogens is 472 g/mol. The number of hydrogen-bond acceptors (Lipinski definition) is 4. The van der Waals surface area contributed by atoms with Crippen LogP contribution in [0.5, 0.6) is 5.75 Å². The standard InChI is InChI=1S/C29H36N2O4S/c32-28(25-2-1-3-26(15-25)35-19-21-4-5-21)30-11-10-20-6-8-27(9-7-20)36(33,34)31-29-16-22-12-23(17-29)14-24(13-22)18-29/h1-3,6-9,15,21-24,31H,4-5,10-14,16-19H2,(H,30,32). The van der Waals surface area contributed by atoms with Gasteiger partial charge in [-0.2, -0.15) is 0 Å². The Morgan fingerprint density at radius 1 is 0.944 bits per heavy atom. The second kappa shape index (κ2) is 9.49. The molecule has 192 valence electrons. The average Bonchev–Trinajstić information content (AvgIpc) is 3.66. The number of amides is 1. The monoisotopic (exact) mass is 508 g/mol. The van der Waals surface area contributed by atoms with Gasteiger partial charge in [-0.3, -0.25) is 4.79 Å². The van der Waals surface area contributed by atoms with Crippen molar-refractivity contribution in [2.45, 2.75) is 68.2 Å². The molecular formula is C29H36N2O4S. The third kappa shape index (κ3) is 5.32. The molecule has 0 atom stereocenters. The highest BCUT2D eigenvalue weighted by molar-refractivity contribution is 7.89. The zero-order valence-corrected chi connectivity index (χ0v) is 21.6. The van der Waals surface area contributed by atoms with Crippen molar-refractivity contribution in [1.82, 2.24) is 10.0 Å². The van der Waals surface area contributed by atoms with Crippen molar-refractivity contribution in [2.75, 3.05) is 13.2 Å². The topological polar surface area (TPSA) is 84.5 Å². The van der Waals surface area contributed by atoms with Crippen molar-refractivity contribution in [3.8, 4) is 5.75 Å². The Hall–Kier alpha value is -2.38. The first-order chi connectivity index (χ1) is 17.4. The van der Waals surface area contributed by atoms with E-state index in [0.717, 1.165) is 37.2 Å². The highest BCUT2D eigenvalue weighted by Crippen LogP contribution is 2.56. The van der Waals surface area contributed by atoms with Gasteiger partial charge in [-0.25, -0.2) is 13.1 Å². The molecule has 0 spiro atoms. The van der Waals surface area contributed by atoms with Crippen LogP contribution in [-0.4, -0.2) is 33.0 Å². The van der Waals surface area contributed by atoms with E-state index in [-0.39, 0.29) is 11.4 Å². The Bertz CT molecular complexity index is 1180. The third-order valence-corrected chi connectivity index (χ3v) is 10.2. The van der Waals surface area contributed by atoms with Crippen molar-refractivity contribution in [3.63, 3.8) is 0 Å². The Kier molecular flexibility index (Phi) is 6.32. The molecule has 2 aromatic carbocycles. The van der Waals surface area contributed by atoms with E-state index in [2.05, 4.69) is 10.0 Å². The van der Waals surface area contributed by atoms with E-state index < -0.39 is 10.0 Å². The normalized spacial score (nSPS) is 28.7. The van der Waals surface area contributed by atoms with Gasteiger partial charge in [-0.05, 0) is 117 Å². The Morgan fingerprint density at radius 2 is 1.61 bits per heavy atom. The fraction of sp³-hybridized carbons (Fsp3) is 0.552. The fourth-order valence-electron chi connectivity index (χ4n) is 7.06. The Balaban J connectivity index is 1.02. The average molecular weight is 509 g/mol. The summed E-state index contributed by atoms with van der Waals surface area (Å²) >= 11 is 0. The summed E-state index contributed by atoms with van der Waals surface area (Å²) in [7, 11) is -3.55. The molecule has 1 amide bonds. The molecule has 0 aliphatic heterocycles. The van der Waals surface area contributed by atoms with Crippen molar-refractivity contribution in [3.05, 3.63) is 59.7 Å². The lowest BCUT2D eigenvalue weighted by Crippen LogP contribution is -2.59. The number of nitrogens with one attached hydrogen (secondary N) is 2. The van der Waals surface area contributed by atoms with Crippen LogP contribution in [0.4, 0.5) is 0 Å². The summed E-state index contributed by atoms with van der Waals surface area (Å²) in [6, 6.07) is 14.4. The van der Waals surface area contributed by atoms with Crippen LogP contribution >= 0.6 is 0 Å². The summed E-state index contributed by atoms with van der Waals surface area (Å²) in [6.07, 6.45) is 9.91. The quantitative estimate of drug-likeness (QED) is 0.487. The van der Waals surface area contributed by atoms with Crippen molar-refractivity contribution in [2.24, 2.45) is 23.7 Å². The molecule has 2 N–H and O–H groups in total. The first kappa shape index (κ1) is 24.0. The fourth-order valence-corrected chi connectivity index (χ4v) is 8.50. The summed E-state index contributed by atoms with van der Waals surface area (Å²) in [5.41, 5.74) is 1.34. The lowest BCUT2D eigenvalue weighted by atomic mass is 9.53. The molecule has 5 aliphatic carbocycles. The largest absolute Gasteiger partial charge is 0.493 e. The van der Waals surface area contributed by atoms with Crippen LogP contribution in [-0.2, 0) is 16.4 Å². The summed E-state index contributed by atoms with van der Waals surface area (Å²) < 4.78 is 35.4. The second-order valence-electron chi connectivity index (χ2n) is 11.7. The maximum absolute atomic E-state index is 13.2. The van der Waals surface area contributed by atoms with Crippen LogP contribution in [0, 0.1) is 23.7 Å². The lowest BCUT2D eigenvalue weighted by molar-refractivity contribution is -0.00810. The zero-order chi connectivity index (χ0) is 24.8. The maximum atomic E-state index is 13.2. The van der Waals surface area contributed by atoms with E-state index in [1.54, 1.807) is 24.3 Å². The van der Waals surface area contributed by atoms with Gasteiger partial charge >= 0.3 is 0 Å². The lowest BCUT2D eigenvalue weighted by Gasteiger charge is -2.56. The minimum absolute atomic E-state index is 0.133. The molecule has 5 saturated carbocycles. The second-order valence-corrected chi connectivity index (χ2v) is 13.4. The molecule has 5 aliphatic rings. The molecule has 0 unspecified atom stereocenters. The number of hydrogen-bond donors (Lipinski definition) is 2. The molecule has 0 saturated heterocycles. The molecule has 6 nitrogen and oxygen atoms in total. The number of carbonyl (C=O) groups is 1. The molecule has 2 aromatic rings. The van der Waals surface area contributed by atoms with Gasteiger partial charge in [-0.15, -0.1) is 0 Å². The molecule has 5 fully saturated rings. The van der Waals surface area contributed by atoms with E-state index in [4.69, 9.17) is 4.74 Å². The summed E-state index contributed by atoms with van der Waals surface area (Å²) in [5.74, 6) is 3.33. The number of sulfonamides is 1. The first-order valence-electron chi connectivity index (χ1n) is 13.5. The van der Waals surface area contributed by atoms with Gasteiger partial charge in [0.2, 0.25) is 10.0 Å². The van der Waals surface area contributed by atoms with Crippen LogP contribution in [0.1, 0.15) is 67.3 Å². The Morgan fingerprint density at radius 3 is 2.25 bits per heavy atom. The van der Waals surface area contributed by atoms with E-state index in [9.17, 15) is 13.2 Å². The minimum atomic E-state index is -3.55. The molecule has 7 rings (SSSR count). The number of carbonyl (C=O) groups excluding carboxylic acids is 1. The predicted molar refractivity (Wildman–Crippen MR) is 138 cm³/mol. The molecule has 0 aromatic heterocycles. The highest BCUT2D eigenvalue weighted by Gasteiger charge is 2.52. The van der Waals surface area contributed by atoms with Crippen LogP contribution < -0.4 is 14.8 Å². The molecule has 0 heterocycles. The SMILES string of the molecule is O=C(NCCc1ccc(S(=O)(=O)NC23CC4CC(CC(C4)C2)C3)cc1)c1cccc(OCC2CC2)c1. The van der Waals surface area contributed by atoms with Crippen LogP contribution in [0.15, 0.2) is 53.4 Å². The minimum Gasteiger partial charge on any atom is -0.493 e. The van der Waals surface area contributed by atoms with Gasteiger partial charge < -0.3 is 10.1 Å². The molecule has 4 bridgehead atoms. The molecule has 0 radical (unpaired) electrons. The van der Waals surface area contributed by atoms with Gasteiger partial charge in [0.05, 0.1) is 11.5 Å². The van der Waals surface area contributed by atoms with Crippen LogP contribution in [0.3, 0.4) is 0 Å². The number of ether oxygens (including phenoxy) is 1. The van der Waals surface area contributed by atoms with Crippen molar-refractivity contribution in [1.29, 1.82) is 0 Å².